The third-order valence-electron chi connectivity index (χ3n) is 3.47. The molecule has 1 unspecified atom stereocenters. The van der Waals surface area contributed by atoms with Crippen molar-refractivity contribution in [3.05, 3.63) is 21.7 Å². The fourth-order valence-corrected chi connectivity index (χ4v) is 2.19. The molecule has 1 aliphatic heterocycles. The lowest BCUT2D eigenvalue weighted by Crippen LogP contribution is -2.28. The smallest absolute Gasteiger partial charge is 0.140 e. The van der Waals surface area contributed by atoms with Gasteiger partial charge in [-0.3, -0.25) is 0 Å². The highest BCUT2D eigenvalue weighted by Gasteiger charge is 2.28. The van der Waals surface area contributed by atoms with E-state index >= 15 is 0 Å². The Labute approximate surface area is 106 Å². The maximum atomic E-state index is 5.55. The van der Waals surface area contributed by atoms with Crippen LogP contribution in [-0.4, -0.2) is 23.7 Å². The lowest BCUT2D eigenvalue weighted by atomic mass is 10.0. The molecule has 1 aromatic heterocycles. The minimum Gasteiger partial charge on any atom is -0.376 e. The van der Waals surface area contributed by atoms with Gasteiger partial charge < -0.3 is 14.5 Å². The van der Waals surface area contributed by atoms with E-state index in [4.69, 9.17) is 21.7 Å². The molecule has 0 fully saturated rings. The highest BCUT2D eigenvalue weighted by atomic mass is 32.1. The van der Waals surface area contributed by atoms with Crippen LogP contribution in [0.25, 0.3) is 0 Å². The molecule has 1 aliphatic rings. The van der Waals surface area contributed by atoms with E-state index in [1.54, 1.807) is 7.11 Å². The summed E-state index contributed by atoms with van der Waals surface area (Å²) >= 11 is 5.32. The normalized spacial score (nSPS) is 18.5. The molecule has 4 nitrogen and oxygen atoms in total. The molecule has 0 radical (unpaired) electrons. The summed E-state index contributed by atoms with van der Waals surface area (Å²) in [6.07, 6.45) is 1.70. The van der Waals surface area contributed by atoms with Crippen molar-refractivity contribution in [3.8, 4) is 0 Å². The van der Waals surface area contributed by atoms with Gasteiger partial charge in [-0.1, -0.05) is 19.1 Å². The second-order valence-corrected chi connectivity index (χ2v) is 4.83. The van der Waals surface area contributed by atoms with E-state index in [9.17, 15) is 0 Å². The lowest BCUT2D eigenvalue weighted by Gasteiger charge is -2.27. The Kier molecular flexibility index (Phi) is 3.61. The standard InChI is InChI=1S/C12H18N2O2S/c1-4-12(2,15-3)11-13-9-5-6-16-7-8(9)10(17)14-11/h4-7H2,1-3H3,(H,13,14,17). The molecular weight excluding hydrogens is 236 g/mol. The van der Waals surface area contributed by atoms with E-state index in [0.29, 0.717) is 11.2 Å². The molecule has 1 atom stereocenters. The molecule has 2 rings (SSSR count). The van der Waals surface area contributed by atoms with Gasteiger partial charge in [0, 0.05) is 24.8 Å². The van der Waals surface area contributed by atoms with Gasteiger partial charge in [0.05, 0.1) is 13.2 Å². The summed E-state index contributed by atoms with van der Waals surface area (Å²) in [6, 6.07) is 0. The van der Waals surface area contributed by atoms with Crippen LogP contribution >= 0.6 is 12.2 Å². The zero-order valence-corrected chi connectivity index (χ0v) is 11.3. The summed E-state index contributed by atoms with van der Waals surface area (Å²) < 4.78 is 11.6. The Balaban J connectivity index is 2.51. The molecule has 0 amide bonds. The predicted octanol–water partition coefficient (Wildman–Crippen LogP) is 2.48. The Bertz CT molecular complexity index is 466. The molecule has 1 N–H and O–H groups in total. The number of ether oxygens (including phenoxy) is 2. The first kappa shape index (κ1) is 12.7. The summed E-state index contributed by atoms with van der Waals surface area (Å²) in [5, 5.41) is 0. The van der Waals surface area contributed by atoms with Gasteiger partial charge >= 0.3 is 0 Å². The molecule has 17 heavy (non-hydrogen) atoms. The number of nitrogens with one attached hydrogen (secondary N) is 1. The van der Waals surface area contributed by atoms with Gasteiger partial charge in [0.15, 0.2) is 0 Å². The predicted molar refractivity (Wildman–Crippen MR) is 67.4 cm³/mol. The van der Waals surface area contributed by atoms with Crippen molar-refractivity contribution in [2.24, 2.45) is 0 Å². The zero-order chi connectivity index (χ0) is 12.5. The van der Waals surface area contributed by atoms with E-state index in [2.05, 4.69) is 16.9 Å². The van der Waals surface area contributed by atoms with E-state index in [-0.39, 0.29) is 0 Å². The molecule has 0 saturated carbocycles. The number of H-pyrrole nitrogens is 1. The number of hydrogen-bond donors (Lipinski definition) is 1. The van der Waals surface area contributed by atoms with E-state index in [1.165, 1.54) is 0 Å². The Morgan fingerprint density at radius 2 is 2.35 bits per heavy atom. The third-order valence-corrected chi connectivity index (χ3v) is 3.81. The van der Waals surface area contributed by atoms with Gasteiger partial charge in [-0.15, -0.1) is 0 Å². The fraction of sp³-hybridized carbons (Fsp3) is 0.667. The molecule has 0 saturated heterocycles. The van der Waals surface area contributed by atoms with Crippen LogP contribution in [0.15, 0.2) is 0 Å². The highest BCUT2D eigenvalue weighted by molar-refractivity contribution is 7.71. The number of nitrogens with zero attached hydrogens (tertiary/aromatic N) is 1. The second kappa shape index (κ2) is 4.84. The van der Waals surface area contributed by atoms with Gasteiger partial charge in [-0.05, 0) is 13.3 Å². The Morgan fingerprint density at radius 3 is 3.00 bits per heavy atom. The van der Waals surface area contributed by atoms with Crippen molar-refractivity contribution in [3.63, 3.8) is 0 Å². The van der Waals surface area contributed by atoms with Gasteiger partial charge in [-0.25, -0.2) is 4.98 Å². The number of aromatic amines is 1. The Morgan fingerprint density at radius 1 is 1.59 bits per heavy atom. The number of hydrogen-bond acceptors (Lipinski definition) is 4. The first-order valence-corrected chi connectivity index (χ1v) is 6.27. The van der Waals surface area contributed by atoms with Crippen LogP contribution < -0.4 is 0 Å². The second-order valence-electron chi connectivity index (χ2n) is 4.44. The average molecular weight is 254 g/mol. The largest absolute Gasteiger partial charge is 0.376 e. The minimum absolute atomic E-state index is 0.402. The van der Waals surface area contributed by atoms with Crippen molar-refractivity contribution >= 4 is 12.2 Å². The summed E-state index contributed by atoms with van der Waals surface area (Å²) in [5.74, 6) is 0.813. The topological polar surface area (TPSA) is 47.1 Å². The van der Waals surface area contributed by atoms with Crippen LogP contribution in [0.4, 0.5) is 0 Å². The minimum atomic E-state index is -0.402. The quantitative estimate of drug-likeness (QED) is 0.842. The van der Waals surface area contributed by atoms with Crippen LogP contribution in [-0.2, 0) is 28.1 Å². The first-order chi connectivity index (χ1) is 8.10. The summed E-state index contributed by atoms with van der Waals surface area (Å²) in [5.41, 5.74) is 1.76. The first-order valence-electron chi connectivity index (χ1n) is 5.86. The van der Waals surface area contributed by atoms with Crippen LogP contribution in [0, 0.1) is 4.64 Å². The maximum Gasteiger partial charge on any atom is 0.140 e. The number of rotatable bonds is 3. The molecule has 0 aromatic carbocycles. The van der Waals surface area contributed by atoms with Crippen molar-refractivity contribution < 1.29 is 9.47 Å². The molecule has 94 valence electrons. The van der Waals surface area contributed by atoms with Crippen LogP contribution in [0.5, 0.6) is 0 Å². The van der Waals surface area contributed by atoms with Gasteiger partial charge in [0.2, 0.25) is 0 Å². The van der Waals surface area contributed by atoms with Crippen LogP contribution in [0.1, 0.15) is 37.4 Å². The van der Waals surface area contributed by atoms with Gasteiger partial charge in [-0.2, -0.15) is 0 Å². The number of aromatic nitrogens is 2. The van der Waals surface area contributed by atoms with Crippen molar-refractivity contribution in [2.75, 3.05) is 13.7 Å². The average Bonchev–Trinajstić information content (AvgIpc) is 2.38. The third kappa shape index (κ3) is 2.27. The van der Waals surface area contributed by atoms with Crippen LogP contribution in [0.3, 0.4) is 0 Å². The number of methoxy groups -OCH3 is 1. The number of fused-ring (bicyclic) bond motifs is 1. The SMILES string of the molecule is CCC(C)(OC)c1nc(=S)c2c([nH]1)CCOC2. The molecule has 0 bridgehead atoms. The van der Waals surface area contributed by atoms with Crippen molar-refractivity contribution in [1.82, 2.24) is 9.97 Å². The molecule has 0 spiro atoms. The highest BCUT2D eigenvalue weighted by Crippen LogP contribution is 2.27. The summed E-state index contributed by atoms with van der Waals surface area (Å²) in [4.78, 5) is 7.82. The molecule has 0 aliphatic carbocycles. The molecule has 2 heterocycles. The lowest BCUT2D eigenvalue weighted by molar-refractivity contribution is -0.00969. The molecule has 5 heteroatoms. The summed E-state index contributed by atoms with van der Waals surface area (Å²) in [6.45, 7) is 5.39. The van der Waals surface area contributed by atoms with Crippen molar-refractivity contribution in [1.29, 1.82) is 0 Å². The summed E-state index contributed by atoms with van der Waals surface area (Å²) in [7, 11) is 1.70. The van der Waals surface area contributed by atoms with E-state index in [1.807, 2.05) is 6.92 Å². The van der Waals surface area contributed by atoms with Gasteiger partial charge in [0.1, 0.15) is 16.1 Å². The fourth-order valence-electron chi connectivity index (χ4n) is 1.91. The van der Waals surface area contributed by atoms with Crippen molar-refractivity contribution in [2.45, 2.75) is 38.9 Å². The van der Waals surface area contributed by atoms with E-state index in [0.717, 1.165) is 36.5 Å². The molecule has 1 aromatic rings. The molecular formula is C12H18N2O2S. The maximum absolute atomic E-state index is 5.55. The zero-order valence-electron chi connectivity index (χ0n) is 10.5. The van der Waals surface area contributed by atoms with E-state index < -0.39 is 5.60 Å². The monoisotopic (exact) mass is 254 g/mol. The Hall–Kier alpha value is -0.780. The van der Waals surface area contributed by atoms with Crippen LogP contribution in [0.2, 0.25) is 0 Å². The van der Waals surface area contributed by atoms with Gasteiger partial charge in [0.25, 0.3) is 0 Å².